The zero-order valence-corrected chi connectivity index (χ0v) is 45.5. The molecule has 0 bridgehead atoms. The van der Waals surface area contributed by atoms with E-state index in [9.17, 15) is 43.2 Å². The number of primary amides is 1. The first-order valence-electron chi connectivity index (χ1n) is 26.7. The summed E-state index contributed by atoms with van der Waals surface area (Å²) in [5.41, 5.74) is 16.8. The molecular formula is C58H77N9O10. The van der Waals surface area contributed by atoms with E-state index in [1.165, 1.54) is 17.1 Å². The van der Waals surface area contributed by atoms with Gasteiger partial charge in [0.1, 0.15) is 18.2 Å². The standard InChI is InChI=1S/C34H48N4O8.C24H29N5O2/c1-4-9-32(43)46-22-25-14-12-24(13-15-25)20-29(40)28(11-8-18-36-34(35)45)37-33(44)27(23(2)3)21-26(39)10-6-5-7-19-38-30(41)16-17-31(38)42;1-4-8-29(9-5-2)24(31)19-11-17-6-7-18(12-21(17)28-22(25)13-19)23(30)27-20-10-16(3)14-26-15-20/h12-17,23,27-28H,4-11,18-22H2,1-3H3,(H,37,44)(H3,35,36,45);6-7,10-12,14-15H,4-5,8-9,13H2,1-3H3,(H2,25,28)(H,27,30)/t27-,28-;/m0./s1. The molecule has 0 radical (unpaired) electrons. The van der Waals surface area contributed by atoms with Gasteiger partial charge in [0.05, 0.1) is 23.6 Å². The molecule has 2 aliphatic heterocycles. The summed E-state index contributed by atoms with van der Waals surface area (Å²) in [5.74, 6) is -2.29. The van der Waals surface area contributed by atoms with Crippen LogP contribution in [0.1, 0.15) is 144 Å². The van der Waals surface area contributed by atoms with Crippen LogP contribution in [0, 0.1) is 18.8 Å². The molecule has 0 saturated heterocycles. The summed E-state index contributed by atoms with van der Waals surface area (Å²) in [4.78, 5) is 123. The summed E-state index contributed by atoms with van der Waals surface area (Å²) in [7, 11) is 0. The number of fused-ring (bicyclic) bond motifs is 1. The number of carbonyl (C=O) groups excluding carboxylic acids is 9. The summed E-state index contributed by atoms with van der Waals surface area (Å²) in [6.07, 6.45) is 13.6. The minimum absolute atomic E-state index is 0.0107. The third kappa shape index (κ3) is 21.0. The molecule has 3 aromatic rings. The minimum Gasteiger partial charge on any atom is -0.461 e. The highest BCUT2D eigenvalue weighted by Gasteiger charge is 2.30. The lowest BCUT2D eigenvalue weighted by molar-refractivity contribution is -0.145. The van der Waals surface area contributed by atoms with Crippen molar-refractivity contribution in [3.63, 3.8) is 0 Å². The molecule has 0 spiro atoms. The number of esters is 1. The van der Waals surface area contributed by atoms with Crippen molar-refractivity contribution < 1.29 is 47.9 Å². The second-order valence-electron chi connectivity index (χ2n) is 19.7. The zero-order chi connectivity index (χ0) is 56.4. The number of nitrogens with two attached hydrogens (primary N) is 2. The van der Waals surface area contributed by atoms with Crippen molar-refractivity contribution in [3.05, 3.63) is 106 Å². The second kappa shape index (κ2) is 31.9. The number of aromatic nitrogens is 1. The summed E-state index contributed by atoms with van der Waals surface area (Å²) in [5, 5.41) is 8.20. The van der Waals surface area contributed by atoms with Gasteiger partial charge in [0.25, 0.3) is 17.7 Å². The number of unbranched alkanes of at least 4 members (excludes halogenated alkanes) is 2. The fourth-order valence-electron chi connectivity index (χ4n) is 8.58. The highest BCUT2D eigenvalue weighted by molar-refractivity contribution is 6.13. The lowest BCUT2D eigenvalue weighted by Crippen LogP contribution is -2.46. The number of ketones is 2. The Balaban J connectivity index is 0.000000357. The minimum atomic E-state index is -0.835. The second-order valence-corrected chi connectivity index (χ2v) is 19.7. The lowest BCUT2D eigenvalue weighted by Gasteiger charge is -2.24. The van der Waals surface area contributed by atoms with E-state index in [-0.39, 0.29) is 98.2 Å². The fraction of sp³-hybridized carbons (Fsp3) is 0.466. The molecule has 2 aliphatic rings. The number of amides is 7. The maximum Gasteiger partial charge on any atom is 0.312 e. The zero-order valence-electron chi connectivity index (χ0n) is 45.5. The summed E-state index contributed by atoms with van der Waals surface area (Å²) >= 11 is 0. The largest absolute Gasteiger partial charge is 0.461 e. The molecule has 77 heavy (non-hydrogen) atoms. The number of carbonyl (C=O) groups is 9. The number of urea groups is 1. The van der Waals surface area contributed by atoms with Crippen molar-refractivity contribution in [1.29, 1.82) is 0 Å². The first-order chi connectivity index (χ1) is 36.8. The number of aliphatic imine (C=N–C) groups is 1. The number of ether oxygens (including phenoxy) is 1. The van der Waals surface area contributed by atoms with E-state index in [0.29, 0.717) is 86.5 Å². The number of imide groups is 1. The predicted octanol–water partition coefficient (Wildman–Crippen LogP) is 7.36. The van der Waals surface area contributed by atoms with Gasteiger partial charge in [-0.05, 0) is 98.8 Å². The Morgan fingerprint density at radius 2 is 1.52 bits per heavy atom. The van der Waals surface area contributed by atoms with Gasteiger partial charge in [0.2, 0.25) is 11.8 Å². The van der Waals surface area contributed by atoms with E-state index in [1.54, 1.807) is 54.9 Å². The number of nitrogens with zero attached hydrogens (tertiary/aromatic N) is 4. The summed E-state index contributed by atoms with van der Waals surface area (Å²) in [6.45, 7) is 13.7. The van der Waals surface area contributed by atoms with E-state index in [1.807, 2.05) is 44.7 Å². The van der Waals surface area contributed by atoms with Gasteiger partial charge < -0.3 is 37.1 Å². The molecule has 414 valence electrons. The first kappa shape index (κ1) is 61.7. The van der Waals surface area contributed by atoms with Gasteiger partial charge in [0, 0.05) is 99.2 Å². The van der Waals surface area contributed by atoms with Crippen LogP contribution in [-0.4, -0.2) is 106 Å². The van der Waals surface area contributed by atoms with Gasteiger partial charge in [0.15, 0.2) is 5.78 Å². The summed E-state index contributed by atoms with van der Waals surface area (Å²) < 4.78 is 5.23. The Labute approximate surface area is 452 Å². The highest BCUT2D eigenvalue weighted by Crippen LogP contribution is 2.29. The van der Waals surface area contributed by atoms with Crippen LogP contribution in [0.25, 0.3) is 6.08 Å². The van der Waals surface area contributed by atoms with E-state index < -0.39 is 18.0 Å². The normalized spacial score (nSPS) is 13.5. The Morgan fingerprint density at radius 3 is 2.16 bits per heavy atom. The number of aryl methyl sites for hydroxylation is 1. The third-order valence-electron chi connectivity index (χ3n) is 12.7. The predicted molar refractivity (Wildman–Crippen MR) is 295 cm³/mol. The number of benzene rings is 2. The van der Waals surface area contributed by atoms with Crippen molar-refractivity contribution in [1.82, 2.24) is 25.4 Å². The number of Topliss-reactive ketones (excluding diaryl/α,β-unsaturated/α-hetero) is 2. The number of rotatable bonds is 29. The molecule has 0 fully saturated rings. The SMILES string of the molecule is CCCC(=O)OCc1ccc(CC(=O)[C@H](CCCNC(N)=O)NC(=O)[C@@H](CC(=O)CCCCCN2C(=O)C=CC2=O)C(C)C)cc1.CCCN(CCC)C(=O)C1=Cc2ccc(C(=O)Nc3cncc(C)c3)cc2N=C(N)C1. The van der Waals surface area contributed by atoms with Gasteiger partial charge in [-0.25, -0.2) is 9.79 Å². The van der Waals surface area contributed by atoms with E-state index in [4.69, 9.17) is 16.2 Å². The monoisotopic (exact) mass is 1060 g/mol. The maximum absolute atomic E-state index is 13.4. The Bertz CT molecular complexity index is 2640. The average molecular weight is 1060 g/mol. The summed E-state index contributed by atoms with van der Waals surface area (Å²) in [6, 6.07) is 12.7. The fourth-order valence-corrected chi connectivity index (χ4v) is 8.58. The van der Waals surface area contributed by atoms with Crippen LogP contribution >= 0.6 is 0 Å². The van der Waals surface area contributed by atoms with Crippen molar-refractivity contribution in [2.45, 2.75) is 138 Å². The Morgan fingerprint density at radius 1 is 0.831 bits per heavy atom. The van der Waals surface area contributed by atoms with Crippen LogP contribution in [0.3, 0.4) is 0 Å². The lowest BCUT2D eigenvalue weighted by atomic mass is 9.88. The number of amidine groups is 1. The van der Waals surface area contributed by atoms with Crippen LogP contribution in [0.15, 0.2) is 83.6 Å². The van der Waals surface area contributed by atoms with Crippen LogP contribution in [-0.2, 0) is 51.3 Å². The molecular weight excluding hydrogens is 983 g/mol. The van der Waals surface area contributed by atoms with Gasteiger partial charge in [-0.15, -0.1) is 0 Å². The Hall–Kier alpha value is -7.83. The molecule has 2 aromatic carbocycles. The molecule has 7 amide bonds. The van der Waals surface area contributed by atoms with E-state index in [0.717, 1.165) is 35.1 Å². The van der Waals surface area contributed by atoms with Crippen molar-refractivity contribution in [3.8, 4) is 0 Å². The molecule has 1 aromatic heterocycles. The third-order valence-corrected chi connectivity index (χ3v) is 12.7. The number of hydrogen-bond donors (Lipinski definition) is 5. The molecule has 0 saturated carbocycles. The molecule has 7 N–H and O–H groups in total. The van der Waals surface area contributed by atoms with Gasteiger partial charge in [-0.2, -0.15) is 0 Å². The first-order valence-corrected chi connectivity index (χ1v) is 26.7. The topological polar surface area (TPSA) is 283 Å². The van der Waals surface area contributed by atoms with Crippen molar-refractivity contribution >= 4 is 76.4 Å². The molecule has 0 unspecified atom stereocenters. The highest BCUT2D eigenvalue weighted by atomic mass is 16.5. The van der Waals surface area contributed by atoms with Gasteiger partial charge in [-0.3, -0.25) is 48.2 Å². The molecule has 5 rings (SSSR count). The molecule has 2 atom stereocenters. The smallest absolute Gasteiger partial charge is 0.312 e. The van der Waals surface area contributed by atoms with Crippen molar-refractivity contribution in [2.24, 2.45) is 28.3 Å². The quantitative estimate of drug-likeness (QED) is 0.0259. The van der Waals surface area contributed by atoms with Crippen LogP contribution in [0.5, 0.6) is 0 Å². The van der Waals surface area contributed by atoms with Gasteiger partial charge in [-0.1, -0.05) is 71.4 Å². The van der Waals surface area contributed by atoms with Gasteiger partial charge >= 0.3 is 12.0 Å². The molecule has 3 heterocycles. The van der Waals surface area contributed by atoms with Crippen LogP contribution in [0.2, 0.25) is 0 Å². The van der Waals surface area contributed by atoms with Crippen LogP contribution in [0.4, 0.5) is 16.2 Å². The average Bonchev–Trinajstić information content (AvgIpc) is 3.60. The number of anilines is 1. The molecule has 0 aliphatic carbocycles. The molecule has 19 heteroatoms. The maximum atomic E-state index is 13.4. The number of nitrogens with one attached hydrogen (secondary N) is 3. The van der Waals surface area contributed by atoms with Crippen LogP contribution < -0.4 is 27.4 Å². The number of hydrogen-bond acceptors (Lipinski definition) is 13. The molecule has 19 nitrogen and oxygen atoms in total. The Kier molecular flexibility index (Phi) is 25.6. The van der Waals surface area contributed by atoms with E-state index >= 15 is 0 Å². The van der Waals surface area contributed by atoms with E-state index in [2.05, 4.69) is 39.8 Å². The number of pyridine rings is 1. The van der Waals surface area contributed by atoms with Crippen molar-refractivity contribution in [2.75, 3.05) is 31.5 Å².